The third-order valence-electron chi connectivity index (χ3n) is 4.45. The van der Waals surface area contributed by atoms with Crippen molar-refractivity contribution < 1.29 is 28.5 Å². The Morgan fingerprint density at radius 1 is 1.21 bits per heavy atom. The van der Waals surface area contributed by atoms with E-state index in [4.69, 9.17) is 18.9 Å². The molecular weight excluding hydrogens is 313 g/mol. The van der Waals surface area contributed by atoms with Crippen LogP contribution >= 0.6 is 0 Å². The molecule has 1 amide bonds. The van der Waals surface area contributed by atoms with Crippen LogP contribution in [0.3, 0.4) is 0 Å². The molecule has 1 saturated heterocycles. The van der Waals surface area contributed by atoms with Gasteiger partial charge in [-0.15, -0.1) is 0 Å². The molecule has 138 valence electrons. The van der Waals surface area contributed by atoms with E-state index in [0.717, 1.165) is 0 Å². The second-order valence-electron chi connectivity index (χ2n) is 6.16. The lowest BCUT2D eigenvalue weighted by Crippen LogP contribution is -2.43. The molecule has 24 heavy (non-hydrogen) atoms. The van der Waals surface area contributed by atoms with Crippen LogP contribution < -0.4 is 5.32 Å². The number of rotatable bonds is 9. The Morgan fingerprint density at radius 3 is 2.42 bits per heavy atom. The maximum absolute atomic E-state index is 12.1. The Hall–Kier alpha value is -1.12. The normalized spacial score (nSPS) is 29.0. The zero-order valence-electron chi connectivity index (χ0n) is 15.5. The summed E-state index contributed by atoms with van der Waals surface area (Å²) in [4.78, 5) is 23.3. The van der Waals surface area contributed by atoms with Gasteiger partial charge in [-0.25, -0.2) is 0 Å². The molecule has 1 heterocycles. The fourth-order valence-electron chi connectivity index (χ4n) is 2.67. The van der Waals surface area contributed by atoms with Crippen LogP contribution in [0.1, 0.15) is 40.0 Å². The summed E-state index contributed by atoms with van der Waals surface area (Å²) >= 11 is 0. The number of nitrogens with one attached hydrogen (secondary N) is 1. The van der Waals surface area contributed by atoms with Crippen molar-refractivity contribution in [3.8, 4) is 0 Å². The van der Waals surface area contributed by atoms with E-state index in [-0.39, 0.29) is 49.2 Å². The summed E-state index contributed by atoms with van der Waals surface area (Å²) in [6.45, 7) is 5.82. The predicted octanol–water partition coefficient (Wildman–Crippen LogP) is 0.00100. The highest BCUT2D eigenvalue weighted by Gasteiger charge is 2.45. The van der Waals surface area contributed by atoms with E-state index in [2.05, 4.69) is 5.32 Å². The fourth-order valence-corrected chi connectivity index (χ4v) is 2.67. The number of carbonyl (C=O) groups excluding carboxylic acids is 2. The van der Waals surface area contributed by atoms with Crippen LogP contribution in [0.25, 0.3) is 0 Å². The molecule has 0 bridgehead atoms. The Labute approximate surface area is 145 Å². The van der Waals surface area contributed by atoms with Gasteiger partial charge in [-0.1, -0.05) is 6.92 Å². The average Bonchev–Trinajstić information content (AvgIpc) is 2.87. The van der Waals surface area contributed by atoms with Crippen molar-refractivity contribution >= 4 is 19.7 Å². The summed E-state index contributed by atoms with van der Waals surface area (Å²) in [5, 5.41) is 2.48. The Balaban J connectivity index is 2.70. The smallest absolute Gasteiger partial charge is 0.306 e. The molecule has 0 saturated carbocycles. The van der Waals surface area contributed by atoms with Gasteiger partial charge in [0.05, 0.1) is 30.7 Å². The summed E-state index contributed by atoms with van der Waals surface area (Å²) in [5.74, 6) is -0.605. The second kappa shape index (κ2) is 10.0. The quantitative estimate of drug-likeness (QED) is 0.469. The SMILES string of the molecule is B[C@@H]1O[C@H](CC)[C@H](OC(=O)CCC(=O)NC)C1O[C@H](C)[C@H](C)OC. The predicted molar refractivity (Wildman–Crippen MR) is 91.5 cm³/mol. The molecule has 6 atom stereocenters. The van der Waals surface area contributed by atoms with E-state index in [1.54, 1.807) is 7.11 Å². The van der Waals surface area contributed by atoms with Gasteiger partial charge < -0.3 is 24.3 Å². The molecule has 1 fully saturated rings. The molecule has 0 aromatic carbocycles. The molecule has 0 radical (unpaired) electrons. The van der Waals surface area contributed by atoms with Crippen LogP contribution in [0.2, 0.25) is 0 Å². The van der Waals surface area contributed by atoms with Crippen molar-refractivity contribution in [1.29, 1.82) is 0 Å². The lowest BCUT2D eigenvalue weighted by atomic mass is 9.92. The van der Waals surface area contributed by atoms with Gasteiger partial charge in [0.25, 0.3) is 0 Å². The van der Waals surface area contributed by atoms with Gasteiger partial charge in [0.2, 0.25) is 5.91 Å². The molecule has 1 aliphatic rings. The lowest BCUT2D eigenvalue weighted by molar-refractivity contribution is -0.163. The summed E-state index contributed by atoms with van der Waals surface area (Å²) in [7, 11) is 5.08. The van der Waals surface area contributed by atoms with E-state index >= 15 is 0 Å². The molecule has 0 aromatic heterocycles. The zero-order valence-corrected chi connectivity index (χ0v) is 15.5. The van der Waals surface area contributed by atoms with E-state index in [0.29, 0.717) is 6.42 Å². The van der Waals surface area contributed by atoms with Crippen LogP contribution in [0.15, 0.2) is 0 Å². The van der Waals surface area contributed by atoms with E-state index < -0.39 is 12.1 Å². The minimum atomic E-state index is -0.478. The van der Waals surface area contributed by atoms with Crippen molar-refractivity contribution in [1.82, 2.24) is 5.32 Å². The number of esters is 1. The van der Waals surface area contributed by atoms with Crippen molar-refractivity contribution in [2.75, 3.05) is 14.2 Å². The molecule has 1 N–H and O–H groups in total. The maximum atomic E-state index is 12.1. The first-order valence-electron chi connectivity index (χ1n) is 8.57. The Morgan fingerprint density at radius 2 is 1.88 bits per heavy atom. The molecule has 1 rings (SSSR count). The zero-order chi connectivity index (χ0) is 18.3. The second-order valence-corrected chi connectivity index (χ2v) is 6.16. The summed E-state index contributed by atoms with van der Waals surface area (Å²) in [5.41, 5.74) is 0. The third kappa shape index (κ3) is 5.75. The monoisotopic (exact) mass is 343 g/mol. The van der Waals surface area contributed by atoms with Crippen LogP contribution in [-0.2, 0) is 28.5 Å². The largest absolute Gasteiger partial charge is 0.457 e. The van der Waals surface area contributed by atoms with Crippen molar-refractivity contribution in [2.45, 2.75) is 76.6 Å². The first kappa shape index (κ1) is 20.9. The molecular formula is C16H30BNO6. The van der Waals surface area contributed by atoms with Gasteiger partial charge >= 0.3 is 5.97 Å². The van der Waals surface area contributed by atoms with Gasteiger partial charge in [-0.2, -0.15) is 0 Å². The van der Waals surface area contributed by atoms with Crippen LogP contribution in [0.5, 0.6) is 0 Å². The number of ether oxygens (including phenoxy) is 4. The number of hydrogen-bond donors (Lipinski definition) is 1. The van der Waals surface area contributed by atoms with Crippen molar-refractivity contribution in [3.63, 3.8) is 0 Å². The van der Waals surface area contributed by atoms with E-state index in [9.17, 15) is 9.59 Å². The molecule has 1 unspecified atom stereocenters. The van der Waals surface area contributed by atoms with Gasteiger partial charge in [0.15, 0.2) is 6.10 Å². The number of hydrogen-bond acceptors (Lipinski definition) is 6. The average molecular weight is 343 g/mol. The third-order valence-corrected chi connectivity index (χ3v) is 4.45. The van der Waals surface area contributed by atoms with Crippen LogP contribution in [-0.4, -0.2) is 70.4 Å². The van der Waals surface area contributed by atoms with Crippen molar-refractivity contribution in [2.24, 2.45) is 0 Å². The minimum Gasteiger partial charge on any atom is -0.457 e. The van der Waals surface area contributed by atoms with E-state index in [1.807, 2.05) is 28.6 Å². The minimum absolute atomic E-state index is 0.0394. The maximum Gasteiger partial charge on any atom is 0.306 e. The number of methoxy groups -OCH3 is 1. The number of carbonyl (C=O) groups is 2. The van der Waals surface area contributed by atoms with Crippen LogP contribution in [0.4, 0.5) is 0 Å². The molecule has 0 aliphatic carbocycles. The van der Waals surface area contributed by atoms with Gasteiger partial charge in [-0.05, 0) is 20.3 Å². The molecule has 1 aliphatic heterocycles. The topological polar surface area (TPSA) is 83.1 Å². The summed E-state index contributed by atoms with van der Waals surface area (Å²) < 4.78 is 22.8. The summed E-state index contributed by atoms with van der Waals surface area (Å²) in [6.07, 6.45) is -0.420. The molecule has 0 aromatic rings. The highest BCUT2D eigenvalue weighted by Crippen LogP contribution is 2.29. The van der Waals surface area contributed by atoms with Gasteiger partial charge in [-0.3, -0.25) is 9.59 Å². The molecule has 8 heteroatoms. The van der Waals surface area contributed by atoms with Gasteiger partial charge in [0, 0.05) is 20.6 Å². The van der Waals surface area contributed by atoms with E-state index in [1.165, 1.54) is 7.05 Å². The first-order chi connectivity index (χ1) is 11.3. The highest BCUT2D eigenvalue weighted by molar-refractivity contribution is 6.11. The highest BCUT2D eigenvalue weighted by atomic mass is 16.6. The lowest BCUT2D eigenvalue weighted by Gasteiger charge is -2.28. The summed E-state index contributed by atoms with van der Waals surface area (Å²) in [6, 6.07) is -0.182. The molecule has 7 nitrogen and oxygen atoms in total. The first-order valence-corrected chi connectivity index (χ1v) is 8.57. The molecule has 0 spiro atoms. The van der Waals surface area contributed by atoms with Crippen molar-refractivity contribution in [3.05, 3.63) is 0 Å². The Bertz CT molecular complexity index is 421. The number of amides is 1. The fraction of sp³-hybridized carbons (Fsp3) is 0.875. The van der Waals surface area contributed by atoms with Gasteiger partial charge in [0.1, 0.15) is 14.0 Å². The van der Waals surface area contributed by atoms with Crippen LogP contribution in [0, 0.1) is 0 Å². The Kier molecular flexibility index (Phi) is 8.73. The standard InChI is InChI=1S/C16H30BNO6/c1-6-11-14(24-13(20)8-7-12(19)18-4)15(16(17)23-11)22-10(3)9(2)21-5/h9-11,14-16H,6-8,17H2,1-5H3,(H,18,19)/t9-,10+,11+,14-,15?,16+/m0/s1.